The fraction of sp³-hybridized carbons (Fsp3) is 1.00. The van der Waals surface area contributed by atoms with Crippen LogP contribution in [0.3, 0.4) is 0 Å². The Kier molecular flexibility index (Phi) is 11.0. The molecule has 0 saturated heterocycles. The Balaban J connectivity index is 0. The van der Waals surface area contributed by atoms with E-state index in [-0.39, 0.29) is 11.9 Å². The smallest absolute Gasteiger partial charge is 0.267 e. The maximum Gasteiger partial charge on any atom is 0.267 e. The van der Waals surface area contributed by atoms with Crippen molar-refractivity contribution in [1.29, 1.82) is 0 Å². The minimum Gasteiger partial charge on any atom is -0.344 e. The topological polar surface area (TPSA) is 78.4 Å². The first-order valence-corrected chi connectivity index (χ1v) is 6.57. The van der Waals surface area contributed by atoms with Crippen molar-refractivity contribution < 1.29 is 12.6 Å². The maximum absolute atomic E-state index is 11.2. The lowest BCUT2D eigenvalue weighted by Gasteiger charge is -2.03. The summed E-state index contributed by atoms with van der Waals surface area (Å²) in [5.74, 6) is 0.171. The highest BCUT2D eigenvalue weighted by atomic mass is 32.2. The summed E-state index contributed by atoms with van der Waals surface area (Å²) >= 11 is 0. The molecular weight excluding hydrogens is 202 g/mol. The standard InChI is InChI=1S/C9H20O3S.H3N/c1-3-5-7-9-13(10,11)12-8-6-4-2;/h3-9H2,1-2H3;1H3. The molecule has 0 saturated carbocycles. The van der Waals surface area contributed by atoms with Crippen LogP contribution in [0, 0.1) is 0 Å². The lowest BCUT2D eigenvalue weighted by atomic mass is 10.3. The second-order valence-electron chi connectivity index (χ2n) is 3.14. The Morgan fingerprint density at radius 3 is 2.07 bits per heavy atom. The Morgan fingerprint density at radius 1 is 1.00 bits per heavy atom. The number of hydrogen-bond acceptors (Lipinski definition) is 4. The van der Waals surface area contributed by atoms with Gasteiger partial charge >= 0.3 is 0 Å². The molecule has 0 aliphatic carbocycles. The third kappa shape index (κ3) is 9.95. The molecule has 0 aliphatic heterocycles. The number of rotatable bonds is 8. The van der Waals surface area contributed by atoms with E-state index < -0.39 is 10.1 Å². The van der Waals surface area contributed by atoms with Gasteiger partial charge in [-0.2, -0.15) is 8.42 Å². The van der Waals surface area contributed by atoms with Gasteiger partial charge in [-0.15, -0.1) is 0 Å². The highest BCUT2D eigenvalue weighted by Gasteiger charge is 2.09. The predicted molar refractivity (Wildman–Crippen MR) is 59.2 cm³/mol. The zero-order chi connectivity index (χ0) is 10.2. The van der Waals surface area contributed by atoms with Crippen molar-refractivity contribution in [2.75, 3.05) is 12.4 Å². The molecule has 0 heterocycles. The van der Waals surface area contributed by atoms with Crippen molar-refractivity contribution in [3.63, 3.8) is 0 Å². The Hall–Kier alpha value is -0.130. The van der Waals surface area contributed by atoms with Crippen LogP contribution in [0.2, 0.25) is 0 Å². The number of hydrogen-bond donors (Lipinski definition) is 1. The molecule has 0 spiro atoms. The molecule has 0 aromatic carbocycles. The molecule has 0 aliphatic rings. The summed E-state index contributed by atoms with van der Waals surface area (Å²) in [6, 6.07) is 0. The first-order valence-electron chi connectivity index (χ1n) is 4.99. The van der Waals surface area contributed by atoms with Crippen LogP contribution < -0.4 is 6.15 Å². The monoisotopic (exact) mass is 225 g/mol. The van der Waals surface area contributed by atoms with Gasteiger partial charge in [0.1, 0.15) is 0 Å². The highest BCUT2D eigenvalue weighted by Crippen LogP contribution is 2.02. The normalized spacial score (nSPS) is 11.0. The van der Waals surface area contributed by atoms with Crippen LogP contribution in [0.15, 0.2) is 0 Å². The molecule has 0 atom stereocenters. The molecule has 0 aromatic heterocycles. The SMILES string of the molecule is CCCCCS(=O)(=O)OCCCC.N. The van der Waals surface area contributed by atoms with Crippen molar-refractivity contribution in [3.8, 4) is 0 Å². The van der Waals surface area contributed by atoms with Crippen molar-refractivity contribution in [2.45, 2.75) is 46.0 Å². The molecule has 0 bridgehead atoms. The van der Waals surface area contributed by atoms with E-state index in [1.54, 1.807) is 0 Å². The summed E-state index contributed by atoms with van der Waals surface area (Å²) in [7, 11) is -3.23. The molecule has 88 valence electrons. The maximum atomic E-state index is 11.2. The lowest BCUT2D eigenvalue weighted by Crippen LogP contribution is -2.11. The van der Waals surface area contributed by atoms with Crippen LogP contribution in [0.5, 0.6) is 0 Å². The van der Waals surface area contributed by atoms with Crippen molar-refractivity contribution in [1.82, 2.24) is 6.15 Å². The van der Waals surface area contributed by atoms with Gasteiger partial charge in [0.2, 0.25) is 0 Å². The van der Waals surface area contributed by atoms with Gasteiger partial charge in [0.05, 0.1) is 12.4 Å². The second-order valence-corrected chi connectivity index (χ2v) is 4.90. The van der Waals surface area contributed by atoms with E-state index in [0.717, 1.165) is 25.7 Å². The molecule has 0 fully saturated rings. The largest absolute Gasteiger partial charge is 0.344 e. The third-order valence-electron chi connectivity index (χ3n) is 1.76. The van der Waals surface area contributed by atoms with E-state index in [1.165, 1.54) is 0 Å². The van der Waals surface area contributed by atoms with Gasteiger partial charge in [-0.1, -0.05) is 33.1 Å². The minimum atomic E-state index is -3.23. The molecule has 14 heavy (non-hydrogen) atoms. The lowest BCUT2D eigenvalue weighted by molar-refractivity contribution is 0.310. The molecule has 0 unspecified atom stereocenters. The second kappa shape index (κ2) is 9.43. The molecule has 0 aromatic rings. The molecule has 4 nitrogen and oxygen atoms in total. The summed E-state index contributed by atoms with van der Waals surface area (Å²) < 4.78 is 27.1. The summed E-state index contributed by atoms with van der Waals surface area (Å²) in [5, 5.41) is 0. The van der Waals surface area contributed by atoms with Gasteiger partial charge in [-0.05, 0) is 12.8 Å². The van der Waals surface area contributed by atoms with Crippen LogP contribution >= 0.6 is 0 Å². The van der Waals surface area contributed by atoms with Crippen LogP contribution in [0.25, 0.3) is 0 Å². The van der Waals surface area contributed by atoms with Crippen LogP contribution in [0.4, 0.5) is 0 Å². The Morgan fingerprint density at radius 2 is 1.57 bits per heavy atom. The van der Waals surface area contributed by atoms with E-state index in [0.29, 0.717) is 13.0 Å². The fourth-order valence-electron chi connectivity index (χ4n) is 0.918. The predicted octanol–water partition coefficient (Wildman–Crippen LogP) is 2.49. The molecule has 0 radical (unpaired) electrons. The molecular formula is C9H23NO3S. The first kappa shape index (κ1) is 16.3. The highest BCUT2D eigenvalue weighted by molar-refractivity contribution is 7.86. The van der Waals surface area contributed by atoms with Crippen molar-refractivity contribution >= 4 is 10.1 Å². The first-order chi connectivity index (χ1) is 6.12. The van der Waals surface area contributed by atoms with E-state index in [9.17, 15) is 8.42 Å². The average Bonchev–Trinajstić information content (AvgIpc) is 2.05. The zero-order valence-electron chi connectivity index (χ0n) is 9.29. The zero-order valence-corrected chi connectivity index (χ0v) is 10.1. The van der Waals surface area contributed by atoms with Gasteiger partial charge < -0.3 is 6.15 Å². The third-order valence-corrected chi connectivity index (χ3v) is 3.07. The molecule has 3 N–H and O–H groups in total. The summed E-state index contributed by atoms with van der Waals surface area (Å²) in [5.41, 5.74) is 0. The Labute approximate surface area is 87.7 Å². The molecule has 5 heteroatoms. The van der Waals surface area contributed by atoms with E-state index >= 15 is 0 Å². The van der Waals surface area contributed by atoms with Crippen LogP contribution in [-0.2, 0) is 14.3 Å². The van der Waals surface area contributed by atoms with Gasteiger partial charge in [0.25, 0.3) is 10.1 Å². The van der Waals surface area contributed by atoms with Gasteiger partial charge in [-0.25, -0.2) is 0 Å². The minimum absolute atomic E-state index is 0. The number of unbranched alkanes of at least 4 members (excludes halogenated alkanes) is 3. The average molecular weight is 225 g/mol. The quantitative estimate of drug-likeness (QED) is 0.508. The van der Waals surface area contributed by atoms with E-state index in [1.807, 2.05) is 13.8 Å². The van der Waals surface area contributed by atoms with Gasteiger partial charge in [-0.3, -0.25) is 4.18 Å². The van der Waals surface area contributed by atoms with Crippen LogP contribution in [0.1, 0.15) is 46.0 Å². The van der Waals surface area contributed by atoms with Gasteiger partial charge in [0.15, 0.2) is 0 Å². The summed E-state index contributed by atoms with van der Waals surface area (Å²) in [6.07, 6.45) is 4.48. The van der Waals surface area contributed by atoms with Crippen LogP contribution in [-0.4, -0.2) is 20.8 Å². The summed E-state index contributed by atoms with van der Waals surface area (Å²) in [4.78, 5) is 0. The van der Waals surface area contributed by atoms with Crippen molar-refractivity contribution in [2.24, 2.45) is 0 Å². The van der Waals surface area contributed by atoms with Crippen molar-refractivity contribution in [3.05, 3.63) is 0 Å². The fourth-order valence-corrected chi connectivity index (χ4v) is 1.97. The van der Waals surface area contributed by atoms with E-state index in [2.05, 4.69) is 0 Å². The molecule has 0 amide bonds. The molecule has 0 rings (SSSR count). The van der Waals surface area contributed by atoms with E-state index in [4.69, 9.17) is 4.18 Å². The Bertz CT molecular complexity index is 186. The summed E-state index contributed by atoms with van der Waals surface area (Å²) in [6.45, 7) is 4.39. The van der Waals surface area contributed by atoms with Gasteiger partial charge in [0, 0.05) is 0 Å².